The van der Waals surface area contributed by atoms with Gasteiger partial charge in [0.15, 0.2) is 11.5 Å². The first-order valence-electron chi connectivity index (χ1n) is 7.48. The topological polar surface area (TPSA) is 56.8 Å². The third kappa shape index (κ3) is 5.15. The molecule has 0 saturated carbocycles. The first-order chi connectivity index (χ1) is 11.6. The minimum Gasteiger partial charge on any atom is -0.493 e. The Hall–Kier alpha value is -2.76. The van der Waals surface area contributed by atoms with E-state index in [1.54, 1.807) is 38.5 Å². The number of nitrogens with one attached hydrogen (secondary N) is 1. The van der Waals surface area contributed by atoms with E-state index in [0.717, 1.165) is 5.56 Å². The van der Waals surface area contributed by atoms with E-state index in [1.165, 1.54) is 12.1 Å². The van der Waals surface area contributed by atoms with Gasteiger partial charge >= 0.3 is 0 Å². The Morgan fingerprint density at radius 3 is 2.58 bits per heavy atom. The molecule has 0 bridgehead atoms. The maximum atomic E-state index is 13.0. The second-order valence-electron chi connectivity index (χ2n) is 5.02. The lowest BCUT2D eigenvalue weighted by Crippen LogP contribution is -2.29. The van der Waals surface area contributed by atoms with Crippen LogP contribution in [0.15, 0.2) is 42.5 Å². The van der Waals surface area contributed by atoms with Crippen molar-refractivity contribution in [1.82, 2.24) is 5.32 Å². The molecule has 128 valence electrons. The Labute approximate surface area is 140 Å². The summed E-state index contributed by atoms with van der Waals surface area (Å²) in [5.41, 5.74) is 0.816. The van der Waals surface area contributed by atoms with Crippen molar-refractivity contribution >= 4 is 5.91 Å². The lowest BCUT2D eigenvalue weighted by molar-refractivity contribution is -0.120. The van der Waals surface area contributed by atoms with Crippen molar-refractivity contribution in [3.05, 3.63) is 53.8 Å². The number of ether oxygens (including phenoxy) is 3. The zero-order valence-corrected chi connectivity index (χ0v) is 13.7. The quantitative estimate of drug-likeness (QED) is 0.755. The number of benzene rings is 2. The zero-order chi connectivity index (χ0) is 17.4. The van der Waals surface area contributed by atoms with Crippen LogP contribution in [0.25, 0.3) is 0 Å². The van der Waals surface area contributed by atoms with Crippen LogP contribution in [0.3, 0.4) is 0 Å². The van der Waals surface area contributed by atoms with Crippen LogP contribution in [0.2, 0.25) is 0 Å². The van der Waals surface area contributed by atoms with Gasteiger partial charge in [-0.2, -0.15) is 0 Å². The molecule has 24 heavy (non-hydrogen) atoms. The van der Waals surface area contributed by atoms with Crippen molar-refractivity contribution in [2.45, 2.75) is 6.42 Å². The summed E-state index contributed by atoms with van der Waals surface area (Å²) in [6, 6.07) is 11.2. The smallest absolute Gasteiger partial charge is 0.224 e. The predicted molar refractivity (Wildman–Crippen MR) is 88.2 cm³/mol. The number of carbonyl (C=O) groups excluding carboxylic acids is 1. The van der Waals surface area contributed by atoms with Gasteiger partial charge in [-0.3, -0.25) is 4.79 Å². The van der Waals surface area contributed by atoms with Gasteiger partial charge in [0.25, 0.3) is 0 Å². The largest absolute Gasteiger partial charge is 0.493 e. The van der Waals surface area contributed by atoms with Crippen LogP contribution in [0.1, 0.15) is 5.56 Å². The molecule has 0 fully saturated rings. The number of rotatable bonds is 8. The Balaban J connectivity index is 1.77. The molecule has 0 aliphatic rings. The van der Waals surface area contributed by atoms with Crippen molar-refractivity contribution in [3.8, 4) is 17.2 Å². The minimum absolute atomic E-state index is 0.134. The summed E-state index contributed by atoms with van der Waals surface area (Å²) < 4.78 is 28.7. The van der Waals surface area contributed by atoms with Crippen LogP contribution >= 0.6 is 0 Å². The molecule has 5 nitrogen and oxygen atoms in total. The van der Waals surface area contributed by atoms with E-state index in [2.05, 4.69) is 5.32 Å². The lowest BCUT2D eigenvalue weighted by Gasteiger charge is -2.10. The molecule has 2 rings (SSSR count). The molecule has 1 N–H and O–H groups in total. The minimum atomic E-state index is -0.356. The van der Waals surface area contributed by atoms with Crippen LogP contribution in [-0.4, -0.2) is 33.3 Å². The fraction of sp³-hybridized carbons (Fsp3) is 0.278. The Morgan fingerprint density at radius 1 is 1.08 bits per heavy atom. The summed E-state index contributed by atoms with van der Waals surface area (Å²) >= 11 is 0. The van der Waals surface area contributed by atoms with Gasteiger partial charge in [-0.25, -0.2) is 4.39 Å². The maximum Gasteiger partial charge on any atom is 0.224 e. The Morgan fingerprint density at radius 2 is 1.88 bits per heavy atom. The molecule has 0 aliphatic carbocycles. The molecule has 0 spiro atoms. The predicted octanol–water partition coefficient (Wildman–Crippen LogP) is 2.58. The van der Waals surface area contributed by atoms with Gasteiger partial charge in [0.05, 0.1) is 27.2 Å². The highest BCUT2D eigenvalue weighted by Gasteiger charge is 2.08. The molecule has 2 aromatic rings. The van der Waals surface area contributed by atoms with Crippen molar-refractivity contribution < 1.29 is 23.4 Å². The monoisotopic (exact) mass is 333 g/mol. The molecular weight excluding hydrogens is 313 g/mol. The average molecular weight is 333 g/mol. The molecule has 0 unspecified atom stereocenters. The van der Waals surface area contributed by atoms with Gasteiger partial charge in [0.2, 0.25) is 5.91 Å². The van der Waals surface area contributed by atoms with Crippen molar-refractivity contribution in [2.75, 3.05) is 27.4 Å². The highest BCUT2D eigenvalue weighted by Crippen LogP contribution is 2.27. The molecule has 0 radical (unpaired) electrons. The molecule has 2 aromatic carbocycles. The maximum absolute atomic E-state index is 13.0. The summed E-state index contributed by atoms with van der Waals surface area (Å²) in [4.78, 5) is 11.9. The summed E-state index contributed by atoms with van der Waals surface area (Å²) in [6.45, 7) is 0.601. The molecule has 0 aliphatic heterocycles. The third-order valence-corrected chi connectivity index (χ3v) is 3.30. The first kappa shape index (κ1) is 17.6. The van der Waals surface area contributed by atoms with E-state index < -0.39 is 0 Å². The highest BCUT2D eigenvalue weighted by molar-refractivity contribution is 5.78. The first-order valence-corrected chi connectivity index (χ1v) is 7.48. The Bertz CT molecular complexity index is 690. The number of amides is 1. The molecule has 1 amide bonds. The van der Waals surface area contributed by atoms with Crippen LogP contribution < -0.4 is 19.5 Å². The van der Waals surface area contributed by atoms with E-state index >= 15 is 0 Å². The third-order valence-electron chi connectivity index (χ3n) is 3.30. The second kappa shape index (κ2) is 8.76. The van der Waals surface area contributed by atoms with Gasteiger partial charge in [0, 0.05) is 6.07 Å². The van der Waals surface area contributed by atoms with Gasteiger partial charge in [0.1, 0.15) is 18.2 Å². The second-order valence-corrected chi connectivity index (χ2v) is 5.02. The number of carbonyl (C=O) groups is 1. The van der Waals surface area contributed by atoms with Crippen molar-refractivity contribution in [1.29, 1.82) is 0 Å². The van der Waals surface area contributed by atoms with E-state index in [1.807, 2.05) is 6.07 Å². The van der Waals surface area contributed by atoms with E-state index in [0.29, 0.717) is 23.8 Å². The normalized spacial score (nSPS) is 10.1. The molecule has 0 heterocycles. The Kier molecular flexibility index (Phi) is 6.42. The molecule has 6 heteroatoms. The van der Waals surface area contributed by atoms with Crippen LogP contribution in [0.4, 0.5) is 4.39 Å². The number of methoxy groups -OCH3 is 2. The van der Waals surface area contributed by atoms with E-state index in [9.17, 15) is 9.18 Å². The summed E-state index contributed by atoms with van der Waals surface area (Å²) in [5, 5.41) is 2.75. The van der Waals surface area contributed by atoms with Crippen molar-refractivity contribution in [3.63, 3.8) is 0 Å². The standard InChI is InChI=1S/C18H20FNO4/c1-22-16-7-6-13(10-17(16)23-2)11-18(21)20-8-9-24-15-5-3-4-14(19)12-15/h3-7,10,12H,8-9,11H2,1-2H3,(H,20,21). The molecule has 0 saturated heterocycles. The van der Waals surface area contributed by atoms with Crippen molar-refractivity contribution in [2.24, 2.45) is 0 Å². The number of hydrogen-bond acceptors (Lipinski definition) is 4. The van der Waals surface area contributed by atoms with Gasteiger partial charge in [-0.1, -0.05) is 12.1 Å². The summed E-state index contributed by atoms with van der Waals surface area (Å²) in [5.74, 6) is 1.14. The van der Waals surface area contributed by atoms with Gasteiger partial charge in [-0.15, -0.1) is 0 Å². The SMILES string of the molecule is COc1ccc(CC(=O)NCCOc2cccc(F)c2)cc1OC. The summed E-state index contributed by atoms with van der Waals surface area (Å²) in [7, 11) is 3.11. The van der Waals surface area contributed by atoms with Crippen LogP contribution in [0.5, 0.6) is 17.2 Å². The van der Waals surface area contributed by atoms with E-state index in [4.69, 9.17) is 14.2 Å². The molecule has 0 atom stereocenters. The molecule has 0 aromatic heterocycles. The van der Waals surface area contributed by atoms with Crippen LogP contribution in [0, 0.1) is 5.82 Å². The van der Waals surface area contributed by atoms with Crippen LogP contribution in [-0.2, 0) is 11.2 Å². The number of halogens is 1. The number of hydrogen-bond donors (Lipinski definition) is 1. The fourth-order valence-corrected chi connectivity index (χ4v) is 2.15. The van der Waals surface area contributed by atoms with E-state index in [-0.39, 0.29) is 24.8 Å². The van der Waals surface area contributed by atoms with Gasteiger partial charge < -0.3 is 19.5 Å². The fourth-order valence-electron chi connectivity index (χ4n) is 2.15. The zero-order valence-electron chi connectivity index (χ0n) is 13.7. The average Bonchev–Trinajstić information content (AvgIpc) is 2.58. The highest BCUT2D eigenvalue weighted by atomic mass is 19.1. The summed E-state index contributed by atoms with van der Waals surface area (Å²) in [6.07, 6.45) is 0.223. The van der Waals surface area contributed by atoms with Gasteiger partial charge in [-0.05, 0) is 29.8 Å². The molecular formula is C18H20FNO4. The lowest BCUT2D eigenvalue weighted by atomic mass is 10.1.